The zero-order valence-electron chi connectivity index (χ0n) is 17.9. The number of nitrogens with two attached hydrogens (primary N) is 2. The highest BCUT2D eigenvalue weighted by Gasteiger charge is 2.34. The number of primary amides is 1. The van der Waals surface area contributed by atoms with Gasteiger partial charge in [-0.1, -0.05) is 12.1 Å². The average Bonchev–Trinajstić information content (AvgIpc) is 3.16. The second-order valence-corrected chi connectivity index (χ2v) is 7.78. The van der Waals surface area contributed by atoms with Crippen LogP contribution in [0.3, 0.4) is 0 Å². The number of hydrogen-bond donors (Lipinski definition) is 4. The number of nitrogens with one attached hydrogen (secondary N) is 1. The fraction of sp³-hybridized carbons (Fsp3) is 0.227. The lowest BCUT2D eigenvalue weighted by Gasteiger charge is -2.32. The zero-order valence-corrected chi connectivity index (χ0v) is 17.9. The third kappa shape index (κ3) is 4.37. The number of nitrogens with zero attached hydrogens (tertiary/aromatic N) is 4. The molecule has 0 radical (unpaired) electrons. The summed E-state index contributed by atoms with van der Waals surface area (Å²) in [6.07, 6.45) is 2.15. The number of hydrogen-bond acceptors (Lipinski definition) is 6. The van der Waals surface area contributed by atoms with Crippen LogP contribution in [0.2, 0.25) is 0 Å². The molecule has 1 saturated heterocycles. The predicted octanol–water partition coefficient (Wildman–Crippen LogP) is 2.35. The Kier molecular flexibility index (Phi) is 6.13. The van der Waals surface area contributed by atoms with E-state index in [-0.39, 0.29) is 28.6 Å². The number of benzene rings is 1. The Bertz CT molecular complexity index is 1260. The van der Waals surface area contributed by atoms with Crippen LogP contribution in [0.5, 0.6) is 0 Å². The summed E-state index contributed by atoms with van der Waals surface area (Å²) < 4.78 is 14.4. The van der Waals surface area contributed by atoms with Gasteiger partial charge in [-0.25, -0.2) is 23.8 Å². The number of nitrogen functional groups attached to an aromatic ring is 1. The van der Waals surface area contributed by atoms with E-state index in [1.165, 1.54) is 23.2 Å². The summed E-state index contributed by atoms with van der Waals surface area (Å²) >= 11 is 0. The van der Waals surface area contributed by atoms with E-state index >= 15 is 0 Å². The van der Waals surface area contributed by atoms with Gasteiger partial charge in [0.05, 0.1) is 6.04 Å². The van der Waals surface area contributed by atoms with E-state index in [2.05, 4.69) is 15.3 Å². The molecule has 1 atom stereocenters. The smallest absolute Gasteiger partial charge is 0.407 e. The Balaban J connectivity index is 1.65. The van der Waals surface area contributed by atoms with Crippen molar-refractivity contribution in [3.63, 3.8) is 0 Å². The SMILES string of the molecule is NC(=O)c1c(-c2ccc(C(=O)Nc3cc(F)ccn3)cc2)nc([C@@H]2CCCCN2C(=O)O)n1N. The molecule has 0 bridgehead atoms. The van der Waals surface area contributed by atoms with Gasteiger partial charge in [0.25, 0.3) is 11.8 Å². The molecule has 0 saturated carbocycles. The minimum Gasteiger partial charge on any atom is -0.465 e. The van der Waals surface area contributed by atoms with E-state index in [4.69, 9.17) is 11.6 Å². The van der Waals surface area contributed by atoms with Crippen LogP contribution in [-0.4, -0.2) is 49.1 Å². The molecule has 1 aliphatic rings. The maximum atomic E-state index is 13.3. The number of carbonyl (C=O) groups excluding carboxylic acids is 2. The number of likely N-dealkylation sites (tertiary alicyclic amines) is 1. The lowest BCUT2D eigenvalue weighted by Crippen LogP contribution is -2.39. The minimum absolute atomic E-state index is 0.0621. The van der Waals surface area contributed by atoms with Crippen LogP contribution in [0.1, 0.15) is 52.0 Å². The Morgan fingerprint density at radius 1 is 1.15 bits per heavy atom. The van der Waals surface area contributed by atoms with Crippen molar-refractivity contribution in [2.24, 2.45) is 5.73 Å². The van der Waals surface area contributed by atoms with Gasteiger partial charge in [0.2, 0.25) is 0 Å². The van der Waals surface area contributed by atoms with Crippen molar-refractivity contribution in [1.29, 1.82) is 0 Å². The molecular formula is C22H22FN7O4. The number of piperidine rings is 1. The molecule has 0 aliphatic carbocycles. The Morgan fingerprint density at radius 3 is 2.53 bits per heavy atom. The number of carboxylic acid groups (broad SMARTS) is 1. The highest BCUT2D eigenvalue weighted by Crippen LogP contribution is 2.33. The van der Waals surface area contributed by atoms with Crippen LogP contribution in [0.15, 0.2) is 42.6 Å². The zero-order chi connectivity index (χ0) is 24.4. The summed E-state index contributed by atoms with van der Waals surface area (Å²) in [5.41, 5.74) is 6.37. The van der Waals surface area contributed by atoms with Gasteiger partial charge in [-0.15, -0.1) is 0 Å². The predicted molar refractivity (Wildman–Crippen MR) is 120 cm³/mol. The van der Waals surface area contributed by atoms with Gasteiger partial charge in [-0.05, 0) is 37.5 Å². The van der Waals surface area contributed by atoms with Crippen LogP contribution in [0, 0.1) is 5.82 Å². The summed E-state index contributed by atoms with van der Waals surface area (Å²) in [4.78, 5) is 46.0. The van der Waals surface area contributed by atoms with Gasteiger partial charge < -0.3 is 22.0 Å². The largest absolute Gasteiger partial charge is 0.465 e. The second kappa shape index (κ2) is 9.17. The summed E-state index contributed by atoms with van der Waals surface area (Å²) in [5.74, 6) is 4.55. The topological polar surface area (TPSA) is 169 Å². The van der Waals surface area contributed by atoms with Gasteiger partial charge >= 0.3 is 6.09 Å². The molecule has 1 aliphatic heterocycles. The van der Waals surface area contributed by atoms with E-state index in [0.717, 1.165) is 29.7 Å². The normalized spacial score (nSPS) is 15.7. The molecule has 3 amide bonds. The van der Waals surface area contributed by atoms with Gasteiger partial charge in [-0.2, -0.15) is 0 Å². The number of rotatable bonds is 5. The molecule has 1 fully saturated rings. The second-order valence-electron chi connectivity index (χ2n) is 7.78. The standard InChI is InChI=1S/C22H22FN7O4/c23-14-8-9-26-16(11-14)27-21(32)13-6-4-12(5-7-13)17-18(19(24)31)30(25)20(28-17)15-3-1-2-10-29(15)22(33)34/h4-9,11,15H,1-3,10,25H2,(H2,24,31)(H,33,34)(H,26,27,32)/t15-/m0/s1. The molecule has 2 aromatic heterocycles. The quantitative estimate of drug-likeness (QED) is 0.417. The van der Waals surface area contributed by atoms with Gasteiger partial charge in [-0.3, -0.25) is 14.5 Å². The van der Waals surface area contributed by atoms with Gasteiger partial charge in [0, 0.05) is 29.9 Å². The maximum Gasteiger partial charge on any atom is 0.407 e. The molecule has 1 aromatic carbocycles. The molecule has 11 nitrogen and oxygen atoms in total. The fourth-order valence-corrected chi connectivity index (χ4v) is 3.99. The first-order chi connectivity index (χ1) is 16.3. The number of amides is 3. The number of carbonyl (C=O) groups is 3. The van der Waals surface area contributed by atoms with Crippen LogP contribution >= 0.6 is 0 Å². The maximum absolute atomic E-state index is 13.3. The number of imidazole rings is 1. The first-order valence-corrected chi connectivity index (χ1v) is 10.5. The van der Waals surface area contributed by atoms with Crippen molar-refractivity contribution in [3.8, 4) is 11.3 Å². The lowest BCUT2D eigenvalue weighted by atomic mass is 10.0. The number of aromatic nitrogens is 3. The Hall–Kier alpha value is -4.48. The molecule has 12 heteroatoms. The van der Waals surface area contributed by atoms with Crippen molar-refractivity contribution in [2.45, 2.75) is 25.3 Å². The summed E-state index contributed by atoms with van der Waals surface area (Å²) in [6, 6.07) is 7.74. The molecule has 34 heavy (non-hydrogen) atoms. The van der Waals surface area contributed by atoms with E-state index in [9.17, 15) is 23.9 Å². The summed E-state index contributed by atoms with van der Waals surface area (Å²) in [7, 11) is 0. The van der Waals surface area contributed by atoms with E-state index < -0.39 is 29.8 Å². The van der Waals surface area contributed by atoms with E-state index in [1.807, 2.05) is 0 Å². The van der Waals surface area contributed by atoms with Crippen LogP contribution in [-0.2, 0) is 0 Å². The molecule has 0 unspecified atom stereocenters. The average molecular weight is 467 g/mol. The van der Waals surface area contributed by atoms with Crippen LogP contribution < -0.4 is 16.9 Å². The lowest BCUT2D eigenvalue weighted by molar-refractivity contribution is 0.0986. The summed E-state index contributed by atoms with van der Waals surface area (Å²) in [6.45, 7) is 0.331. The van der Waals surface area contributed by atoms with Gasteiger partial charge in [0.1, 0.15) is 17.3 Å². The van der Waals surface area contributed by atoms with Crippen molar-refractivity contribution in [3.05, 3.63) is 65.5 Å². The first kappa shape index (κ1) is 22.7. The number of halogens is 1. The van der Waals surface area contributed by atoms with Gasteiger partial charge in [0.15, 0.2) is 11.5 Å². The fourth-order valence-electron chi connectivity index (χ4n) is 3.99. The minimum atomic E-state index is -1.10. The molecule has 3 heterocycles. The molecular weight excluding hydrogens is 445 g/mol. The molecule has 3 aromatic rings. The van der Waals surface area contributed by atoms with E-state index in [0.29, 0.717) is 18.5 Å². The molecule has 4 rings (SSSR count). The van der Waals surface area contributed by atoms with Crippen molar-refractivity contribution >= 4 is 23.7 Å². The monoisotopic (exact) mass is 467 g/mol. The highest BCUT2D eigenvalue weighted by atomic mass is 19.1. The third-order valence-electron chi connectivity index (χ3n) is 5.60. The van der Waals surface area contributed by atoms with Crippen molar-refractivity contribution < 1.29 is 23.9 Å². The highest BCUT2D eigenvalue weighted by molar-refractivity contribution is 6.04. The van der Waals surface area contributed by atoms with Crippen LogP contribution in [0.25, 0.3) is 11.3 Å². The van der Waals surface area contributed by atoms with Crippen LogP contribution in [0.4, 0.5) is 15.0 Å². The number of pyridine rings is 1. The number of anilines is 1. The molecule has 176 valence electrons. The third-order valence-corrected chi connectivity index (χ3v) is 5.60. The first-order valence-electron chi connectivity index (χ1n) is 10.5. The Labute approximate surface area is 193 Å². The Morgan fingerprint density at radius 2 is 1.88 bits per heavy atom. The van der Waals surface area contributed by atoms with E-state index in [1.54, 1.807) is 12.1 Å². The molecule has 6 N–H and O–H groups in total. The van der Waals surface area contributed by atoms with Crippen molar-refractivity contribution in [1.82, 2.24) is 19.5 Å². The summed E-state index contributed by atoms with van der Waals surface area (Å²) in [5, 5.41) is 12.1. The van der Waals surface area contributed by atoms with Crippen molar-refractivity contribution in [2.75, 3.05) is 17.7 Å². The molecule has 0 spiro atoms.